The first-order chi connectivity index (χ1) is 38.0. The van der Waals surface area contributed by atoms with E-state index in [4.69, 9.17) is 14.2 Å². The van der Waals surface area contributed by atoms with Gasteiger partial charge in [0.15, 0.2) is 6.10 Å². The maximum Gasteiger partial charge on any atom is 0.309 e. The first kappa shape index (κ1) is 71.5. The first-order valence-electron chi connectivity index (χ1n) is 30.3. The topological polar surface area (TPSA) is 78.9 Å². The molecule has 0 bridgehead atoms. The number of unbranched alkanes of at least 4 members (excludes halogenated alkanes) is 12. The maximum absolute atomic E-state index is 12.9. The average molecular weight is 1060 g/mol. The molecule has 0 amide bonds. The monoisotopic (exact) mass is 1060 g/mol. The van der Waals surface area contributed by atoms with Gasteiger partial charge in [-0.15, -0.1) is 0 Å². The molecule has 0 fully saturated rings. The van der Waals surface area contributed by atoms with E-state index in [0.717, 1.165) is 122 Å². The largest absolute Gasteiger partial charge is 0.462 e. The van der Waals surface area contributed by atoms with E-state index in [1.807, 2.05) is 6.08 Å². The molecule has 0 aromatic rings. The summed E-state index contributed by atoms with van der Waals surface area (Å²) in [6.07, 6.45) is 94.9. The summed E-state index contributed by atoms with van der Waals surface area (Å²) in [5, 5.41) is 0. The fourth-order valence-electron chi connectivity index (χ4n) is 7.45. The molecule has 0 heterocycles. The van der Waals surface area contributed by atoms with Gasteiger partial charge < -0.3 is 14.2 Å². The first-order valence-corrected chi connectivity index (χ1v) is 30.3. The Kier molecular flexibility index (Phi) is 58.6. The molecule has 0 rings (SSSR count). The molecule has 6 heteroatoms. The Balaban J connectivity index is 4.63. The Bertz CT molecular complexity index is 1840. The van der Waals surface area contributed by atoms with Crippen molar-refractivity contribution in [1.82, 2.24) is 0 Å². The molecule has 0 saturated carbocycles. The third kappa shape index (κ3) is 61.2. The predicted octanol–water partition coefficient (Wildman–Crippen LogP) is 20.9. The second kappa shape index (κ2) is 63.0. The summed E-state index contributed by atoms with van der Waals surface area (Å²) >= 11 is 0. The number of esters is 3. The zero-order chi connectivity index (χ0) is 55.7. The highest BCUT2D eigenvalue weighted by Gasteiger charge is 2.19. The molecule has 0 aliphatic carbocycles. The molecule has 0 N–H and O–H groups in total. The Morgan fingerprint density at radius 3 is 0.948 bits per heavy atom. The number of ether oxygens (including phenoxy) is 3. The maximum atomic E-state index is 12.9. The molecule has 1 unspecified atom stereocenters. The molecular weight excluding hydrogens is 949 g/mol. The van der Waals surface area contributed by atoms with Crippen molar-refractivity contribution in [3.05, 3.63) is 182 Å². The minimum atomic E-state index is -0.861. The Morgan fingerprint density at radius 2 is 0.571 bits per heavy atom. The van der Waals surface area contributed by atoms with E-state index in [0.29, 0.717) is 12.8 Å². The summed E-state index contributed by atoms with van der Waals surface area (Å²) < 4.78 is 16.7. The van der Waals surface area contributed by atoms with Crippen LogP contribution in [-0.4, -0.2) is 37.2 Å². The molecule has 0 saturated heterocycles. The Labute approximate surface area is 472 Å². The second-order valence-corrected chi connectivity index (χ2v) is 19.2. The van der Waals surface area contributed by atoms with Crippen molar-refractivity contribution in [2.24, 2.45) is 0 Å². The highest BCUT2D eigenvalue weighted by atomic mass is 16.6. The predicted molar refractivity (Wildman–Crippen MR) is 334 cm³/mol. The number of carbonyl (C=O) groups is 3. The second-order valence-electron chi connectivity index (χ2n) is 19.2. The van der Waals surface area contributed by atoms with Gasteiger partial charge in [0.25, 0.3) is 0 Å². The van der Waals surface area contributed by atoms with Crippen LogP contribution in [0.15, 0.2) is 182 Å². The lowest BCUT2D eigenvalue weighted by Crippen LogP contribution is -2.30. The molecule has 1 atom stereocenters. The zero-order valence-electron chi connectivity index (χ0n) is 48.9. The van der Waals surface area contributed by atoms with Gasteiger partial charge in [0.05, 0.1) is 6.42 Å². The van der Waals surface area contributed by atoms with Crippen molar-refractivity contribution in [1.29, 1.82) is 0 Å². The van der Waals surface area contributed by atoms with Crippen LogP contribution in [0.5, 0.6) is 0 Å². The minimum Gasteiger partial charge on any atom is -0.462 e. The van der Waals surface area contributed by atoms with Crippen LogP contribution < -0.4 is 0 Å². The van der Waals surface area contributed by atoms with Crippen LogP contribution in [0.2, 0.25) is 0 Å². The van der Waals surface area contributed by atoms with Gasteiger partial charge in [-0.05, 0) is 135 Å². The van der Waals surface area contributed by atoms with E-state index in [-0.39, 0.29) is 44.4 Å². The Hall–Kier alpha value is -5.49. The molecular formula is C71H108O6. The standard InChI is InChI=1S/C71H108O6/c1-4-7-10-13-16-19-22-25-28-30-32-34-35-37-38-40-43-46-49-52-55-58-61-64-70(73)76-67-68(66-75-69(72)63-60-57-54-51-48-45-42-27-24-21-18-15-12-9-6-3)77-71(74)65-62-59-56-53-50-47-44-41-39-36-33-31-29-26-23-20-17-14-11-8-5-2/h7,9-10,12,16,18-19,21,23,25-28,31-34,37-39,41-43,46,48,51-52,55,57,60,68H,4-6,8,11,13-15,17,20,22,24,29-30,35-36,40,44-45,47,49-50,53-54,56,58-59,61-67H2,1-3H3/b10-7-,12-9-,19-16-,21-18-,26-23-,28-25-,33-31-,34-32-,38-37-,41-39-,42-27-,46-43-,51-48-,55-52-,60-57-. The summed E-state index contributed by atoms with van der Waals surface area (Å²) in [5.74, 6) is -1.16. The van der Waals surface area contributed by atoms with Gasteiger partial charge in [-0.1, -0.05) is 254 Å². The summed E-state index contributed by atoms with van der Waals surface area (Å²) in [6.45, 7) is 6.23. The van der Waals surface area contributed by atoms with E-state index < -0.39 is 12.1 Å². The normalized spacial score (nSPS) is 13.4. The van der Waals surface area contributed by atoms with E-state index in [2.05, 4.69) is 191 Å². The number of hydrogen-bond acceptors (Lipinski definition) is 6. The van der Waals surface area contributed by atoms with Crippen molar-refractivity contribution in [2.45, 2.75) is 232 Å². The molecule has 0 aliphatic heterocycles. The molecule has 0 aliphatic rings. The van der Waals surface area contributed by atoms with E-state index in [1.54, 1.807) is 6.08 Å². The van der Waals surface area contributed by atoms with E-state index >= 15 is 0 Å². The molecule has 0 aromatic heterocycles. The van der Waals surface area contributed by atoms with Gasteiger partial charge in [0.1, 0.15) is 13.2 Å². The van der Waals surface area contributed by atoms with Gasteiger partial charge in [-0.3, -0.25) is 14.4 Å². The quantitative estimate of drug-likeness (QED) is 0.0261. The SMILES string of the molecule is CC/C=C\C/C=C\C/C=C\C/C=C\C/C=C\C/C=C\C/C=C\CCCC(=O)OCC(COC(=O)C/C=C\C/C=C\C/C=C\C/C=C\C/C=C\CC)OC(=O)CCCCCCCC/C=C\C/C=C\C/C=C\CCCCCCC. The minimum absolute atomic E-state index is 0.104. The van der Waals surface area contributed by atoms with Crippen molar-refractivity contribution >= 4 is 17.9 Å². The van der Waals surface area contributed by atoms with Crippen LogP contribution in [0.25, 0.3) is 0 Å². The lowest BCUT2D eigenvalue weighted by atomic mass is 10.1. The van der Waals surface area contributed by atoms with Crippen LogP contribution in [0, 0.1) is 0 Å². The third-order valence-electron chi connectivity index (χ3n) is 11.9. The molecule has 428 valence electrons. The summed E-state index contributed by atoms with van der Waals surface area (Å²) in [4.78, 5) is 38.2. The molecule has 0 spiro atoms. The van der Waals surface area contributed by atoms with Crippen molar-refractivity contribution < 1.29 is 28.6 Å². The molecule has 77 heavy (non-hydrogen) atoms. The summed E-state index contributed by atoms with van der Waals surface area (Å²) in [7, 11) is 0. The van der Waals surface area contributed by atoms with E-state index in [9.17, 15) is 14.4 Å². The van der Waals surface area contributed by atoms with Crippen LogP contribution in [0.3, 0.4) is 0 Å². The van der Waals surface area contributed by atoms with Crippen LogP contribution >= 0.6 is 0 Å². The van der Waals surface area contributed by atoms with Crippen LogP contribution in [0.1, 0.15) is 226 Å². The van der Waals surface area contributed by atoms with Gasteiger partial charge in [-0.25, -0.2) is 0 Å². The molecule has 0 radical (unpaired) electrons. The Morgan fingerprint density at radius 1 is 0.286 bits per heavy atom. The number of carbonyl (C=O) groups excluding carboxylic acids is 3. The van der Waals surface area contributed by atoms with Gasteiger partial charge in [0, 0.05) is 12.8 Å². The number of hydrogen-bond donors (Lipinski definition) is 0. The smallest absolute Gasteiger partial charge is 0.309 e. The highest BCUT2D eigenvalue weighted by Crippen LogP contribution is 2.12. The van der Waals surface area contributed by atoms with E-state index in [1.165, 1.54) is 51.4 Å². The highest BCUT2D eigenvalue weighted by molar-refractivity contribution is 5.72. The van der Waals surface area contributed by atoms with Gasteiger partial charge in [-0.2, -0.15) is 0 Å². The fraction of sp³-hybridized carbons (Fsp3) is 0.535. The van der Waals surface area contributed by atoms with Crippen LogP contribution in [-0.2, 0) is 28.6 Å². The summed E-state index contributed by atoms with van der Waals surface area (Å²) in [5.41, 5.74) is 0. The summed E-state index contributed by atoms with van der Waals surface area (Å²) in [6, 6.07) is 0. The molecule has 0 aromatic carbocycles. The van der Waals surface area contributed by atoms with Gasteiger partial charge >= 0.3 is 17.9 Å². The fourth-order valence-corrected chi connectivity index (χ4v) is 7.45. The van der Waals surface area contributed by atoms with Crippen molar-refractivity contribution in [3.63, 3.8) is 0 Å². The zero-order valence-corrected chi connectivity index (χ0v) is 48.9. The van der Waals surface area contributed by atoms with Crippen LogP contribution in [0.4, 0.5) is 0 Å². The average Bonchev–Trinajstić information content (AvgIpc) is 3.43. The van der Waals surface area contributed by atoms with Gasteiger partial charge in [0.2, 0.25) is 0 Å². The van der Waals surface area contributed by atoms with Crippen molar-refractivity contribution in [3.8, 4) is 0 Å². The number of allylic oxidation sites excluding steroid dienone is 29. The molecule has 6 nitrogen and oxygen atoms in total. The van der Waals surface area contributed by atoms with Crippen molar-refractivity contribution in [2.75, 3.05) is 13.2 Å². The lowest BCUT2D eigenvalue weighted by molar-refractivity contribution is -0.166. The lowest BCUT2D eigenvalue weighted by Gasteiger charge is -2.18. The number of rotatable bonds is 52. The third-order valence-corrected chi connectivity index (χ3v) is 11.9.